The molecule has 2 atom stereocenters. The third-order valence-electron chi connectivity index (χ3n) is 2.13. The van der Waals surface area contributed by atoms with Crippen LogP contribution in [0.15, 0.2) is 24.3 Å². The van der Waals surface area contributed by atoms with Crippen LogP contribution in [0.5, 0.6) is 0 Å². The highest BCUT2D eigenvalue weighted by Crippen LogP contribution is 2.29. The molecular weight excluding hydrogens is 210 g/mol. The van der Waals surface area contributed by atoms with Gasteiger partial charge in [0.05, 0.1) is 12.7 Å². The summed E-state index contributed by atoms with van der Waals surface area (Å²) in [4.78, 5) is 0. The number of rotatable bonds is 5. The molecule has 0 radical (unpaired) electrons. The molecule has 84 valence electrons. The molecular formula is C11H17NO2S. The molecule has 0 heterocycles. The van der Waals surface area contributed by atoms with Crippen molar-refractivity contribution in [3.63, 3.8) is 0 Å². The molecule has 1 rings (SSSR count). The molecule has 1 aromatic carbocycles. The molecule has 1 aromatic rings. The smallest absolute Gasteiger partial charge is 0.0861 e. The van der Waals surface area contributed by atoms with Gasteiger partial charge in [0.25, 0.3) is 0 Å². The fourth-order valence-corrected chi connectivity index (χ4v) is 2.17. The van der Waals surface area contributed by atoms with Crippen molar-refractivity contribution in [2.24, 2.45) is 0 Å². The van der Waals surface area contributed by atoms with Crippen LogP contribution in [-0.2, 0) is 0 Å². The molecule has 0 saturated carbocycles. The Labute approximate surface area is 94.3 Å². The van der Waals surface area contributed by atoms with Crippen LogP contribution in [0.25, 0.3) is 0 Å². The minimum Gasteiger partial charge on any atom is -0.399 e. The molecule has 0 amide bonds. The van der Waals surface area contributed by atoms with E-state index >= 15 is 0 Å². The summed E-state index contributed by atoms with van der Waals surface area (Å²) in [5.41, 5.74) is 7.58. The van der Waals surface area contributed by atoms with E-state index in [4.69, 9.17) is 10.8 Å². The van der Waals surface area contributed by atoms with E-state index in [1.165, 1.54) is 0 Å². The number of hydrogen-bond acceptors (Lipinski definition) is 4. The largest absolute Gasteiger partial charge is 0.399 e. The van der Waals surface area contributed by atoms with Crippen LogP contribution in [0.3, 0.4) is 0 Å². The van der Waals surface area contributed by atoms with Gasteiger partial charge in [-0.05, 0) is 24.6 Å². The van der Waals surface area contributed by atoms with Crippen LogP contribution in [0.2, 0.25) is 0 Å². The molecule has 0 spiro atoms. The second-order valence-corrected chi connectivity index (χ2v) is 4.86. The molecule has 3 nitrogen and oxygen atoms in total. The summed E-state index contributed by atoms with van der Waals surface area (Å²) in [7, 11) is 0. The van der Waals surface area contributed by atoms with Crippen molar-refractivity contribution in [1.82, 2.24) is 0 Å². The van der Waals surface area contributed by atoms with Gasteiger partial charge in [-0.2, -0.15) is 11.8 Å². The third-order valence-corrected chi connectivity index (χ3v) is 3.48. The quantitative estimate of drug-likeness (QED) is 0.665. The summed E-state index contributed by atoms with van der Waals surface area (Å²) in [6.07, 6.45) is -0.640. The van der Waals surface area contributed by atoms with Gasteiger partial charge in [0.15, 0.2) is 0 Å². The summed E-state index contributed by atoms with van der Waals surface area (Å²) in [6, 6.07) is 7.72. The average molecular weight is 227 g/mol. The molecule has 4 N–H and O–H groups in total. The SMILES string of the molecule is CC(SCC(O)CO)c1cccc(N)c1. The van der Waals surface area contributed by atoms with Gasteiger partial charge in [0, 0.05) is 16.7 Å². The van der Waals surface area contributed by atoms with Crippen LogP contribution in [-0.4, -0.2) is 28.7 Å². The third kappa shape index (κ3) is 4.11. The van der Waals surface area contributed by atoms with Crippen molar-refractivity contribution in [3.05, 3.63) is 29.8 Å². The zero-order valence-electron chi connectivity index (χ0n) is 8.76. The molecule has 2 unspecified atom stereocenters. The summed E-state index contributed by atoms with van der Waals surface area (Å²) in [5.74, 6) is 0.534. The Bertz CT molecular complexity index is 306. The van der Waals surface area contributed by atoms with Crippen molar-refractivity contribution in [1.29, 1.82) is 0 Å². The predicted octanol–water partition coefficient (Wildman–Crippen LogP) is 1.42. The minimum absolute atomic E-state index is 0.184. The zero-order chi connectivity index (χ0) is 11.3. The predicted molar refractivity (Wildman–Crippen MR) is 64.8 cm³/mol. The molecule has 0 aliphatic heterocycles. The lowest BCUT2D eigenvalue weighted by Crippen LogP contribution is -2.15. The fourth-order valence-electron chi connectivity index (χ4n) is 1.22. The maximum atomic E-state index is 9.21. The van der Waals surface area contributed by atoms with Gasteiger partial charge in [-0.1, -0.05) is 12.1 Å². The van der Waals surface area contributed by atoms with Crippen LogP contribution in [0, 0.1) is 0 Å². The second kappa shape index (κ2) is 6.00. The van der Waals surface area contributed by atoms with E-state index in [9.17, 15) is 5.11 Å². The molecule has 4 heteroatoms. The van der Waals surface area contributed by atoms with Crippen molar-refractivity contribution in [2.45, 2.75) is 18.3 Å². The highest BCUT2D eigenvalue weighted by Gasteiger charge is 2.09. The van der Waals surface area contributed by atoms with Crippen LogP contribution >= 0.6 is 11.8 Å². The van der Waals surface area contributed by atoms with Gasteiger partial charge in [-0.15, -0.1) is 0 Å². The summed E-state index contributed by atoms with van der Waals surface area (Å²) in [5, 5.41) is 18.2. The van der Waals surface area contributed by atoms with Crippen LogP contribution < -0.4 is 5.73 Å². The summed E-state index contributed by atoms with van der Waals surface area (Å²) < 4.78 is 0. The van der Waals surface area contributed by atoms with Crippen molar-refractivity contribution in [3.8, 4) is 0 Å². The van der Waals surface area contributed by atoms with Gasteiger partial charge in [-0.25, -0.2) is 0 Å². The Balaban J connectivity index is 2.50. The first-order valence-corrected chi connectivity index (χ1v) is 5.94. The molecule has 0 bridgehead atoms. The number of benzene rings is 1. The Kier molecular flexibility index (Phi) is 4.94. The van der Waals surface area contributed by atoms with Gasteiger partial charge >= 0.3 is 0 Å². The normalized spacial score (nSPS) is 14.9. The summed E-state index contributed by atoms with van der Waals surface area (Å²) in [6.45, 7) is 1.88. The minimum atomic E-state index is -0.640. The first-order valence-electron chi connectivity index (χ1n) is 4.89. The van der Waals surface area contributed by atoms with Gasteiger partial charge in [0.2, 0.25) is 0 Å². The maximum Gasteiger partial charge on any atom is 0.0861 e. The number of anilines is 1. The van der Waals surface area contributed by atoms with Crippen LogP contribution in [0.4, 0.5) is 5.69 Å². The zero-order valence-corrected chi connectivity index (χ0v) is 9.57. The molecule has 0 saturated heterocycles. The van der Waals surface area contributed by atoms with Crippen molar-refractivity contribution < 1.29 is 10.2 Å². The lowest BCUT2D eigenvalue weighted by molar-refractivity contribution is 0.113. The monoisotopic (exact) mass is 227 g/mol. The number of thioether (sulfide) groups is 1. The molecule has 15 heavy (non-hydrogen) atoms. The van der Waals surface area contributed by atoms with E-state index in [0.29, 0.717) is 5.75 Å². The Morgan fingerprint density at radius 3 is 2.80 bits per heavy atom. The highest BCUT2D eigenvalue weighted by molar-refractivity contribution is 7.99. The number of nitrogens with two attached hydrogens (primary N) is 1. The van der Waals surface area contributed by atoms with Crippen molar-refractivity contribution in [2.75, 3.05) is 18.1 Å². The average Bonchev–Trinajstić information content (AvgIpc) is 2.25. The maximum absolute atomic E-state index is 9.21. The van der Waals surface area contributed by atoms with E-state index in [1.807, 2.05) is 24.3 Å². The number of nitrogen functional groups attached to an aromatic ring is 1. The Hall–Kier alpha value is -0.710. The molecule has 0 aliphatic carbocycles. The Morgan fingerprint density at radius 1 is 1.47 bits per heavy atom. The van der Waals surface area contributed by atoms with Gasteiger partial charge in [0.1, 0.15) is 0 Å². The topological polar surface area (TPSA) is 66.5 Å². The first-order chi connectivity index (χ1) is 7.13. The highest BCUT2D eigenvalue weighted by atomic mass is 32.2. The van der Waals surface area contributed by atoms with Gasteiger partial charge in [-0.3, -0.25) is 0 Å². The standard InChI is InChI=1S/C11H17NO2S/c1-8(15-7-11(14)6-13)9-3-2-4-10(12)5-9/h2-5,8,11,13-14H,6-7,12H2,1H3. The summed E-state index contributed by atoms with van der Waals surface area (Å²) >= 11 is 1.61. The number of aliphatic hydroxyl groups is 2. The first kappa shape index (κ1) is 12.4. The lowest BCUT2D eigenvalue weighted by atomic mass is 10.1. The van der Waals surface area contributed by atoms with Crippen LogP contribution in [0.1, 0.15) is 17.7 Å². The number of aliphatic hydroxyl groups excluding tert-OH is 2. The molecule has 0 fully saturated rings. The van der Waals surface area contributed by atoms with E-state index in [2.05, 4.69) is 6.92 Å². The van der Waals surface area contributed by atoms with Crippen molar-refractivity contribution >= 4 is 17.4 Å². The fraction of sp³-hybridized carbons (Fsp3) is 0.455. The molecule has 0 aliphatic rings. The second-order valence-electron chi connectivity index (χ2n) is 3.48. The molecule has 0 aromatic heterocycles. The van der Waals surface area contributed by atoms with E-state index in [-0.39, 0.29) is 11.9 Å². The lowest BCUT2D eigenvalue weighted by Gasteiger charge is -2.14. The van der Waals surface area contributed by atoms with E-state index in [1.54, 1.807) is 11.8 Å². The van der Waals surface area contributed by atoms with Gasteiger partial charge < -0.3 is 15.9 Å². The Morgan fingerprint density at radius 2 is 2.20 bits per heavy atom. The van der Waals surface area contributed by atoms with E-state index in [0.717, 1.165) is 11.3 Å². The number of hydrogen-bond donors (Lipinski definition) is 3. The van der Waals surface area contributed by atoms with E-state index < -0.39 is 6.10 Å².